The second kappa shape index (κ2) is 4.80. The lowest BCUT2D eigenvalue weighted by Gasteiger charge is -2.27. The van der Waals surface area contributed by atoms with Crippen LogP contribution >= 0.6 is 0 Å². The molecule has 1 N–H and O–H groups in total. The molecule has 0 spiro atoms. The molecule has 1 saturated heterocycles. The van der Waals surface area contributed by atoms with Crippen LogP contribution in [-0.2, 0) is 0 Å². The first-order chi connectivity index (χ1) is 6.45. The predicted molar refractivity (Wildman–Crippen MR) is 56.7 cm³/mol. The zero-order valence-corrected chi connectivity index (χ0v) is 8.47. The minimum Gasteiger partial charge on any atom is -0.316 e. The third-order valence-corrected chi connectivity index (χ3v) is 3.44. The fourth-order valence-electron chi connectivity index (χ4n) is 2.67. The molecule has 0 bridgehead atoms. The van der Waals surface area contributed by atoms with E-state index in [9.17, 15) is 0 Å². The van der Waals surface area contributed by atoms with Gasteiger partial charge in [0.05, 0.1) is 0 Å². The average Bonchev–Trinajstić information content (AvgIpc) is 2.21. The summed E-state index contributed by atoms with van der Waals surface area (Å²) in [5, 5.41) is 3.51. The number of allylic oxidation sites excluding steroid dienone is 2. The molecule has 0 radical (unpaired) electrons. The van der Waals surface area contributed by atoms with Crippen molar-refractivity contribution in [1.29, 1.82) is 0 Å². The van der Waals surface area contributed by atoms with Crippen molar-refractivity contribution in [2.75, 3.05) is 13.1 Å². The quantitative estimate of drug-likeness (QED) is 0.643. The minimum absolute atomic E-state index is 0.977. The van der Waals surface area contributed by atoms with Gasteiger partial charge in [0.25, 0.3) is 0 Å². The lowest BCUT2D eigenvalue weighted by Crippen LogP contribution is -2.31. The smallest absolute Gasteiger partial charge is 0.00204 e. The molecule has 2 atom stereocenters. The topological polar surface area (TPSA) is 12.0 Å². The lowest BCUT2D eigenvalue weighted by atomic mass is 9.83. The van der Waals surface area contributed by atoms with E-state index in [1.165, 1.54) is 51.6 Å². The molecule has 0 aromatic heterocycles. The molecule has 1 heteroatoms. The molecule has 1 heterocycles. The molecule has 13 heavy (non-hydrogen) atoms. The fourth-order valence-corrected chi connectivity index (χ4v) is 2.67. The Morgan fingerprint density at radius 2 is 2.15 bits per heavy atom. The first-order valence-electron chi connectivity index (χ1n) is 5.81. The first-order valence-corrected chi connectivity index (χ1v) is 5.81. The van der Waals surface area contributed by atoms with Crippen molar-refractivity contribution in [2.45, 2.75) is 38.5 Å². The van der Waals surface area contributed by atoms with Gasteiger partial charge in [-0.05, 0) is 63.5 Å². The van der Waals surface area contributed by atoms with E-state index < -0.39 is 0 Å². The van der Waals surface area contributed by atoms with E-state index in [1.807, 2.05) is 0 Å². The zero-order valence-electron chi connectivity index (χ0n) is 8.47. The van der Waals surface area contributed by atoms with Crippen molar-refractivity contribution < 1.29 is 0 Å². The molecule has 2 unspecified atom stereocenters. The molecule has 0 aromatic rings. The highest BCUT2D eigenvalue weighted by Gasteiger charge is 2.18. The summed E-state index contributed by atoms with van der Waals surface area (Å²) < 4.78 is 0. The Labute approximate surface area is 81.6 Å². The molecule has 0 saturated carbocycles. The van der Waals surface area contributed by atoms with E-state index in [2.05, 4.69) is 17.5 Å². The SMILES string of the molecule is C1=CCC(CC2CCCNC2)CC1. The zero-order chi connectivity index (χ0) is 8.93. The van der Waals surface area contributed by atoms with Gasteiger partial charge in [0.1, 0.15) is 0 Å². The van der Waals surface area contributed by atoms with Gasteiger partial charge in [0.2, 0.25) is 0 Å². The number of piperidine rings is 1. The maximum atomic E-state index is 3.51. The number of nitrogens with one attached hydrogen (secondary N) is 1. The highest BCUT2D eigenvalue weighted by atomic mass is 14.9. The number of hydrogen-bond donors (Lipinski definition) is 1. The highest BCUT2D eigenvalue weighted by molar-refractivity contribution is 4.90. The fraction of sp³-hybridized carbons (Fsp3) is 0.833. The Balaban J connectivity index is 1.72. The summed E-state index contributed by atoms with van der Waals surface area (Å²) in [6.45, 7) is 2.53. The number of rotatable bonds is 2. The maximum absolute atomic E-state index is 3.51. The van der Waals surface area contributed by atoms with Gasteiger partial charge in [0.15, 0.2) is 0 Å². The van der Waals surface area contributed by atoms with Crippen molar-refractivity contribution in [3.8, 4) is 0 Å². The predicted octanol–water partition coefficient (Wildman–Crippen LogP) is 2.73. The standard InChI is InChI=1S/C12H21N/c1-2-5-11(6-3-1)9-12-7-4-8-13-10-12/h1-2,11-13H,3-10H2. The molecule has 0 amide bonds. The van der Waals surface area contributed by atoms with Crippen molar-refractivity contribution in [2.24, 2.45) is 11.8 Å². The average molecular weight is 179 g/mol. The van der Waals surface area contributed by atoms with Gasteiger partial charge in [-0.3, -0.25) is 0 Å². The lowest BCUT2D eigenvalue weighted by molar-refractivity contribution is 0.291. The van der Waals surface area contributed by atoms with Crippen LogP contribution in [0.15, 0.2) is 12.2 Å². The summed E-state index contributed by atoms with van der Waals surface area (Å²) in [4.78, 5) is 0. The van der Waals surface area contributed by atoms with Crippen LogP contribution in [0.3, 0.4) is 0 Å². The molecule has 1 nitrogen and oxygen atoms in total. The van der Waals surface area contributed by atoms with E-state index in [4.69, 9.17) is 0 Å². The molecule has 0 aromatic carbocycles. The van der Waals surface area contributed by atoms with E-state index in [0.29, 0.717) is 0 Å². The summed E-state index contributed by atoms with van der Waals surface area (Å²) in [5.74, 6) is 1.97. The van der Waals surface area contributed by atoms with Gasteiger partial charge in [-0.2, -0.15) is 0 Å². The molecule has 1 fully saturated rings. The molecule has 74 valence electrons. The summed E-state index contributed by atoms with van der Waals surface area (Å²) in [5.41, 5.74) is 0. The van der Waals surface area contributed by atoms with Gasteiger partial charge in [-0.25, -0.2) is 0 Å². The van der Waals surface area contributed by atoms with Crippen LogP contribution in [0.2, 0.25) is 0 Å². The second-order valence-corrected chi connectivity index (χ2v) is 4.60. The van der Waals surface area contributed by atoms with Crippen LogP contribution in [0.4, 0.5) is 0 Å². The Kier molecular flexibility index (Phi) is 3.42. The molecule has 2 rings (SSSR count). The van der Waals surface area contributed by atoms with Crippen LogP contribution < -0.4 is 5.32 Å². The van der Waals surface area contributed by atoms with E-state index in [1.54, 1.807) is 0 Å². The van der Waals surface area contributed by atoms with Crippen molar-refractivity contribution in [1.82, 2.24) is 5.32 Å². The van der Waals surface area contributed by atoms with Gasteiger partial charge in [-0.15, -0.1) is 0 Å². The van der Waals surface area contributed by atoms with Gasteiger partial charge in [-0.1, -0.05) is 12.2 Å². The van der Waals surface area contributed by atoms with Gasteiger partial charge < -0.3 is 5.32 Å². The third kappa shape index (κ3) is 2.84. The normalized spacial score (nSPS) is 34.8. The van der Waals surface area contributed by atoms with Crippen molar-refractivity contribution in [3.05, 3.63) is 12.2 Å². The Morgan fingerprint density at radius 3 is 2.85 bits per heavy atom. The van der Waals surface area contributed by atoms with Crippen LogP contribution in [-0.4, -0.2) is 13.1 Å². The summed E-state index contributed by atoms with van der Waals surface area (Å²) >= 11 is 0. The Hall–Kier alpha value is -0.300. The van der Waals surface area contributed by atoms with Crippen molar-refractivity contribution in [3.63, 3.8) is 0 Å². The molecular weight excluding hydrogens is 158 g/mol. The van der Waals surface area contributed by atoms with Crippen LogP contribution in [0.5, 0.6) is 0 Å². The Morgan fingerprint density at radius 1 is 1.15 bits per heavy atom. The van der Waals surface area contributed by atoms with Crippen LogP contribution in [0, 0.1) is 11.8 Å². The van der Waals surface area contributed by atoms with Crippen molar-refractivity contribution >= 4 is 0 Å². The van der Waals surface area contributed by atoms with E-state index in [0.717, 1.165) is 11.8 Å². The van der Waals surface area contributed by atoms with E-state index in [-0.39, 0.29) is 0 Å². The third-order valence-electron chi connectivity index (χ3n) is 3.44. The van der Waals surface area contributed by atoms with Gasteiger partial charge >= 0.3 is 0 Å². The molecule has 2 aliphatic rings. The molecular formula is C12H21N. The first kappa shape index (κ1) is 9.26. The monoisotopic (exact) mass is 179 g/mol. The number of hydrogen-bond acceptors (Lipinski definition) is 1. The van der Waals surface area contributed by atoms with Gasteiger partial charge in [0, 0.05) is 0 Å². The second-order valence-electron chi connectivity index (χ2n) is 4.60. The van der Waals surface area contributed by atoms with Crippen LogP contribution in [0.1, 0.15) is 38.5 Å². The van der Waals surface area contributed by atoms with Crippen LogP contribution in [0.25, 0.3) is 0 Å². The highest BCUT2D eigenvalue weighted by Crippen LogP contribution is 2.27. The minimum atomic E-state index is 0.977. The Bertz CT molecular complexity index is 168. The largest absolute Gasteiger partial charge is 0.316 e. The summed E-state index contributed by atoms with van der Waals surface area (Å²) in [6.07, 6.45) is 13.2. The summed E-state index contributed by atoms with van der Waals surface area (Å²) in [7, 11) is 0. The van der Waals surface area contributed by atoms with E-state index >= 15 is 0 Å². The maximum Gasteiger partial charge on any atom is -0.00204 e. The molecule has 1 aliphatic heterocycles. The molecule has 1 aliphatic carbocycles. The summed E-state index contributed by atoms with van der Waals surface area (Å²) in [6, 6.07) is 0.